The molecule has 0 amide bonds. The third-order valence-electron chi connectivity index (χ3n) is 4.33. The second kappa shape index (κ2) is 8.41. The Morgan fingerprint density at radius 3 is 2.38 bits per heavy atom. The molecule has 0 radical (unpaired) electrons. The van der Waals surface area contributed by atoms with E-state index in [1.807, 2.05) is 0 Å². The molecule has 0 bridgehead atoms. The molecule has 130 valence electrons. The van der Waals surface area contributed by atoms with Gasteiger partial charge < -0.3 is 5.32 Å². The van der Waals surface area contributed by atoms with Gasteiger partial charge in [0.2, 0.25) is 0 Å². The van der Waals surface area contributed by atoms with E-state index in [1.165, 1.54) is 16.7 Å². The Labute approximate surface area is 162 Å². The number of aromatic nitrogens is 1. The van der Waals surface area contributed by atoms with Crippen molar-refractivity contribution in [2.24, 2.45) is 0 Å². The molecular weight excluding hydrogens is 356 g/mol. The summed E-state index contributed by atoms with van der Waals surface area (Å²) in [7, 11) is 0. The first-order valence-corrected chi connectivity index (χ1v) is 10.5. The molecule has 4 rings (SSSR count). The van der Waals surface area contributed by atoms with Crippen molar-refractivity contribution in [3.63, 3.8) is 0 Å². The Bertz CT molecular complexity index is 915. The first-order chi connectivity index (χ1) is 12.9. The molecule has 0 aliphatic heterocycles. The summed E-state index contributed by atoms with van der Waals surface area (Å²) in [4.78, 5) is 4.79. The number of nitrogens with one attached hydrogen (secondary N) is 1. The van der Waals surface area contributed by atoms with E-state index in [0.29, 0.717) is 0 Å². The summed E-state index contributed by atoms with van der Waals surface area (Å²) in [6.45, 7) is 0.771. The molecule has 1 N–H and O–H groups in total. The highest BCUT2D eigenvalue weighted by atomic mass is 32.1. The smallest absolute Gasteiger partial charge is 0.124 e. The number of thiazole rings is 1. The second-order valence-electron chi connectivity index (χ2n) is 6.19. The molecule has 2 aromatic heterocycles. The Morgan fingerprint density at radius 1 is 0.885 bits per heavy atom. The summed E-state index contributed by atoms with van der Waals surface area (Å²) in [5.74, 6) is 0. The summed E-state index contributed by atoms with van der Waals surface area (Å²) in [5, 5.41) is 11.2. The topological polar surface area (TPSA) is 24.9 Å². The molecule has 1 atom stereocenters. The number of thiophene rings is 1. The normalized spacial score (nSPS) is 12.2. The molecule has 0 aliphatic rings. The fourth-order valence-corrected chi connectivity index (χ4v) is 4.51. The fourth-order valence-electron chi connectivity index (χ4n) is 2.98. The third-order valence-corrected chi connectivity index (χ3v) is 5.96. The van der Waals surface area contributed by atoms with Gasteiger partial charge in [0.05, 0.1) is 5.69 Å². The lowest BCUT2D eigenvalue weighted by atomic mass is 9.99. The number of hydrogen-bond donors (Lipinski definition) is 1. The van der Waals surface area contributed by atoms with Gasteiger partial charge >= 0.3 is 0 Å². The zero-order valence-electron chi connectivity index (χ0n) is 14.3. The van der Waals surface area contributed by atoms with Crippen LogP contribution in [0.3, 0.4) is 0 Å². The molecule has 0 saturated carbocycles. The molecule has 0 spiro atoms. The van der Waals surface area contributed by atoms with Crippen molar-refractivity contribution in [1.29, 1.82) is 0 Å². The van der Waals surface area contributed by atoms with Gasteiger partial charge in [-0.3, -0.25) is 0 Å². The highest BCUT2D eigenvalue weighted by molar-refractivity contribution is 7.14. The van der Waals surface area contributed by atoms with Crippen LogP contribution in [0.25, 0.3) is 10.6 Å². The summed E-state index contributed by atoms with van der Waals surface area (Å²) in [5.41, 5.74) is 4.97. The molecule has 4 aromatic rings. The van der Waals surface area contributed by atoms with Crippen molar-refractivity contribution < 1.29 is 0 Å². The quantitative estimate of drug-likeness (QED) is 0.431. The second-order valence-corrected chi connectivity index (χ2v) is 7.83. The number of rotatable bonds is 7. The van der Waals surface area contributed by atoms with Crippen molar-refractivity contribution in [3.05, 3.63) is 99.7 Å². The lowest BCUT2D eigenvalue weighted by Gasteiger charge is -2.19. The van der Waals surface area contributed by atoms with E-state index >= 15 is 0 Å². The van der Waals surface area contributed by atoms with Crippen LogP contribution in [0.15, 0.2) is 82.9 Å². The fraction of sp³-hybridized carbons (Fsp3) is 0.136. The average molecular weight is 377 g/mol. The monoisotopic (exact) mass is 376 g/mol. The van der Waals surface area contributed by atoms with Crippen LogP contribution in [0.4, 0.5) is 0 Å². The standard InChI is InChI=1S/C22H20N2S2/c1-3-7-17(8-4-1)13-21(18-9-5-2-6-10-18)23-14-20-16-26-22(24-20)19-11-12-25-15-19/h1-12,15-16,21,23H,13-14H2/t21-/m0/s1. The van der Waals surface area contributed by atoms with Crippen molar-refractivity contribution in [1.82, 2.24) is 10.3 Å². The van der Waals surface area contributed by atoms with E-state index in [4.69, 9.17) is 4.98 Å². The van der Waals surface area contributed by atoms with Gasteiger partial charge in [-0.05, 0) is 29.0 Å². The predicted octanol–water partition coefficient (Wildman–Crippen LogP) is 5.95. The maximum Gasteiger partial charge on any atom is 0.124 e. The summed E-state index contributed by atoms with van der Waals surface area (Å²) < 4.78 is 0. The van der Waals surface area contributed by atoms with E-state index in [2.05, 4.69) is 88.2 Å². The van der Waals surface area contributed by atoms with Gasteiger partial charge in [-0.15, -0.1) is 11.3 Å². The molecule has 4 heteroatoms. The maximum atomic E-state index is 4.79. The molecular formula is C22H20N2S2. The minimum absolute atomic E-state index is 0.268. The summed E-state index contributed by atoms with van der Waals surface area (Å²) in [6, 6.07) is 23.7. The van der Waals surface area contributed by atoms with Crippen LogP contribution in [-0.2, 0) is 13.0 Å². The predicted molar refractivity (Wildman–Crippen MR) is 112 cm³/mol. The molecule has 0 unspecified atom stereocenters. The Kier molecular flexibility index (Phi) is 5.55. The molecule has 2 aromatic carbocycles. The molecule has 2 heterocycles. The van der Waals surface area contributed by atoms with Crippen molar-refractivity contribution >= 4 is 22.7 Å². The SMILES string of the molecule is c1ccc(C[C@H](NCc2csc(-c3ccsc3)n2)c2ccccc2)cc1. The van der Waals surface area contributed by atoms with Crippen LogP contribution in [0, 0.1) is 0 Å². The van der Waals surface area contributed by atoms with E-state index in [1.54, 1.807) is 22.7 Å². The van der Waals surface area contributed by atoms with Gasteiger partial charge in [0.25, 0.3) is 0 Å². The van der Waals surface area contributed by atoms with E-state index < -0.39 is 0 Å². The van der Waals surface area contributed by atoms with Gasteiger partial charge in [0, 0.05) is 28.9 Å². The first kappa shape index (κ1) is 17.2. The van der Waals surface area contributed by atoms with Crippen molar-refractivity contribution in [3.8, 4) is 10.6 Å². The van der Waals surface area contributed by atoms with E-state index in [9.17, 15) is 0 Å². The van der Waals surface area contributed by atoms with Crippen LogP contribution in [0.1, 0.15) is 22.9 Å². The zero-order chi connectivity index (χ0) is 17.6. The number of benzene rings is 2. The summed E-state index contributed by atoms with van der Waals surface area (Å²) >= 11 is 3.43. The van der Waals surface area contributed by atoms with Gasteiger partial charge in [-0.1, -0.05) is 60.7 Å². The van der Waals surface area contributed by atoms with Crippen molar-refractivity contribution in [2.45, 2.75) is 19.0 Å². The molecule has 0 saturated heterocycles. The Morgan fingerprint density at radius 2 is 1.65 bits per heavy atom. The first-order valence-electron chi connectivity index (χ1n) is 8.68. The van der Waals surface area contributed by atoms with Crippen LogP contribution in [-0.4, -0.2) is 4.98 Å². The number of nitrogens with zero attached hydrogens (tertiary/aromatic N) is 1. The highest BCUT2D eigenvalue weighted by Gasteiger charge is 2.13. The lowest BCUT2D eigenvalue weighted by Crippen LogP contribution is -2.23. The Balaban J connectivity index is 1.48. The average Bonchev–Trinajstić information content (AvgIpc) is 3.38. The third kappa shape index (κ3) is 4.28. The van der Waals surface area contributed by atoms with Crippen LogP contribution >= 0.6 is 22.7 Å². The van der Waals surface area contributed by atoms with Crippen LogP contribution < -0.4 is 5.32 Å². The molecule has 26 heavy (non-hydrogen) atoms. The van der Waals surface area contributed by atoms with E-state index in [-0.39, 0.29) is 6.04 Å². The van der Waals surface area contributed by atoms with Gasteiger partial charge in [0.15, 0.2) is 0 Å². The van der Waals surface area contributed by atoms with Crippen LogP contribution in [0.5, 0.6) is 0 Å². The van der Waals surface area contributed by atoms with Crippen molar-refractivity contribution in [2.75, 3.05) is 0 Å². The van der Waals surface area contributed by atoms with Crippen LogP contribution in [0.2, 0.25) is 0 Å². The number of hydrogen-bond acceptors (Lipinski definition) is 4. The van der Waals surface area contributed by atoms with Gasteiger partial charge in [-0.2, -0.15) is 11.3 Å². The largest absolute Gasteiger partial charge is 0.304 e. The minimum Gasteiger partial charge on any atom is -0.304 e. The highest BCUT2D eigenvalue weighted by Crippen LogP contribution is 2.26. The molecule has 0 fully saturated rings. The lowest BCUT2D eigenvalue weighted by molar-refractivity contribution is 0.526. The zero-order valence-corrected chi connectivity index (χ0v) is 16.0. The van der Waals surface area contributed by atoms with Gasteiger partial charge in [0.1, 0.15) is 5.01 Å². The minimum atomic E-state index is 0.268. The van der Waals surface area contributed by atoms with E-state index in [0.717, 1.165) is 23.7 Å². The van der Waals surface area contributed by atoms with Gasteiger partial charge in [-0.25, -0.2) is 4.98 Å². The summed E-state index contributed by atoms with van der Waals surface area (Å²) in [6.07, 6.45) is 0.965. The Hall–Kier alpha value is -2.27. The molecule has 0 aliphatic carbocycles. The molecule has 2 nitrogen and oxygen atoms in total. The maximum absolute atomic E-state index is 4.79.